The van der Waals surface area contributed by atoms with Crippen LogP contribution in [0.3, 0.4) is 0 Å². The summed E-state index contributed by atoms with van der Waals surface area (Å²) >= 11 is 1.37. The number of benzene rings is 1. The van der Waals surface area contributed by atoms with Crippen LogP contribution in [0, 0.1) is 0 Å². The van der Waals surface area contributed by atoms with E-state index >= 15 is 0 Å². The SMILES string of the molecule is COc1ccc(-c2nc(C(=O)NC[C@@H]3CS(=O)(=O)CCO3)cs2)cc1. The van der Waals surface area contributed by atoms with Crippen LogP contribution in [0.15, 0.2) is 29.6 Å². The van der Waals surface area contributed by atoms with E-state index in [2.05, 4.69) is 10.3 Å². The molecule has 25 heavy (non-hydrogen) atoms. The fraction of sp³-hybridized carbons (Fsp3) is 0.375. The van der Waals surface area contributed by atoms with Gasteiger partial charge in [-0.2, -0.15) is 0 Å². The molecule has 0 saturated carbocycles. The van der Waals surface area contributed by atoms with E-state index in [1.807, 2.05) is 24.3 Å². The zero-order valence-electron chi connectivity index (χ0n) is 13.6. The Morgan fingerprint density at radius 3 is 2.84 bits per heavy atom. The first-order chi connectivity index (χ1) is 12.0. The van der Waals surface area contributed by atoms with Crippen LogP contribution in [0.2, 0.25) is 0 Å². The minimum absolute atomic E-state index is 0.0365. The molecular formula is C16H18N2O5S2. The number of thiazole rings is 1. The molecule has 7 nitrogen and oxygen atoms in total. The summed E-state index contributed by atoms with van der Waals surface area (Å²) in [4.78, 5) is 16.5. The van der Waals surface area contributed by atoms with Crippen molar-refractivity contribution in [2.45, 2.75) is 6.10 Å². The van der Waals surface area contributed by atoms with Gasteiger partial charge in [-0.05, 0) is 24.3 Å². The van der Waals surface area contributed by atoms with Crippen molar-refractivity contribution in [3.05, 3.63) is 35.3 Å². The fourth-order valence-corrected chi connectivity index (χ4v) is 4.52. The fourth-order valence-electron chi connectivity index (χ4n) is 2.42. The maximum atomic E-state index is 12.2. The number of sulfone groups is 1. The Morgan fingerprint density at radius 2 is 2.16 bits per heavy atom. The quantitative estimate of drug-likeness (QED) is 0.839. The van der Waals surface area contributed by atoms with E-state index < -0.39 is 15.9 Å². The van der Waals surface area contributed by atoms with Gasteiger partial charge < -0.3 is 14.8 Å². The monoisotopic (exact) mass is 382 g/mol. The van der Waals surface area contributed by atoms with Crippen molar-refractivity contribution in [1.29, 1.82) is 0 Å². The summed E-state index contributed by atoms with van der Waals surface area (Å²) in [7, 11) is -1.48. The number of rotatable bonds is 5. The number of aromatic nitrogens is 1. The summed E-state index contributed by atoms with van der Waals surface area (Å²) < 4.78 is 33.6. The summed E-state index contributed by atoms with van der Waals surface area (Å²) in [6.07, 6.45) is -0.512. The normalized spacial score (nSPS) is 19.3. The van der Waals surface area contributed by atoms with Crippen LogP contribution < -0.4 is 10.1 Å². The van der Waals surface area contributed by atoms with E-state index in [0.29, 0.717) is 5.69 Å². The molecule has 1 aliphatic heterocycles. The number of nitrogens with zero attached hydrogens (tertiary/aromatic N) is 1. The summed E-state index contributed by atoms with van der Waals surface area (Å²) in [5.74, 6) is 0.374. The van der Waals surface area contributed by atoms with Gasteiger partial charge in [-0.1, -0.05) is 0 Å². The first-order valence-corrected chi connectivity index (χ1v) is 10.4. The lowest BCUT2D eigenvalue weighted by molar-refractivity contribution is 0.0661. The molecule has 0 aliphatic carbocycles. The van der Waals surface area contributed by atoms with Gasteiger partial charge in [0, 0.05) is 17.5 Å². The number of hydrogen-bond acceptors (Lipinski definition) is 7. The van der Waals surface area contributed by atoms with E-state index in [4.69, 9.17) is 9.47 Å². The van der Waals surface area contributed by atoms with Crippen LogP contribution in [0.4, 0.5) is 0 Å². The van der Waals surface area contributed by atoms with Gasteiger partial charge in [0.05, 0.1) is 31.3 Å². The van der Waals surface area contributed by atoms with Gasteiger partial charge in [0.15, 0.2) is 9.84 Å². The van der Waals surface area contributed by atoms with Gasteiger partial charge in [0.1, 0.15) is 16.5 Å². The molecule has 1 N–H and O–H groups in total. The number of carbonyl (C=O) groups is 1. The standard InChI is InChI=1S/C16H18N2O5S2/c1-22-12-4-2-11(3-5-12)16-18-14(9-24-16)15(19)17-8-13-10-25(20,21)7-6-23-13/h2-5,9,13H,6-8,10H2,1H3,(H,17,19)/t13-/m1/s1. The van der Waals surface area contributed by atoms with Gasteiger partial charge in [0.25, 0.3) is 5.91 Å². The smallest absolute Gasteiger partial charge is 0.270 e. The van der Waals surface area contributed by atoms with Crippen LogP contribution in [0.5, 0.6) is 5.75 Å². The third-order valence-electron chi connectivity index (χ3n) is 3.75. The van der Waals surface area contributed by atoms with E-state index in [0.717, 1.165) is 16.3 Å². The number of nitrogens with one attached hydrogen (secondary N) is 1. The second-order valence-corrected chi connectivity index (χ2v) is 8.67. The van der Waals surface area contributed by atoms with Crippen molar-refractivity contribution in [2.75, 3.05) is 31.8 Å². The van der Waals surface area contributed by atoms with Gasteiger partial charge in [0.2, 0.25) is 0 Å². The second kappa shape index (κ2) is 7.51. The van der Waals surface area contributed by atoms with Crippen LogP contribution in [0.25, 0.3) is 10.6 Å². The molecular weight excluding hydrogens is 364 g/mol. The van der Waals surface area contributed by atoms with Gasteiger partial charge >= 0.3 is 0 Å². The van der Waals surface area contributed by atoms with Crippen molar-refractivity contribution < 1.29 is 22.7 Å². The minimum Gasteiger partial charge on any atom is -0.497 e. The molecule has 1 amide bonds. The van der Waals surface area contributed by atoms with Crippen molar-refractivity contribution in [3.63, 3.8) is 0 Å². The minimum atomic E-state index is -3.08. The maximum absolute atomic E-state index is 12.2. The van der Waals surface area contributed by atoms with Gasteiger partial charge in [-0.3, -0.25) is 4.79 Å². The lowest BCUT2D eigenvalue weighted by Gasteiger charge is -2.22. The number of ether oxygens (including phenoxy) is 2. The molecule has 2 aromatic rings. The highest BCUT2D eigenvalue weighted by molar-refractivity contribution is 7.91. The summed E-state index contributed by atoms with van der Waals surface area (Å²) in [5.41, 5.74) is 1.20. The Kier molecular flexibility index (Phi) is 5.36. The first kappa shape index (κ1) is 17.8. The van der Waals surface area contributed by atoms with Crippen molar-refractivity contribution in [2.24, 2.45) is 0 Å². The highest BCUT2D eigenvalue weighted by Gasteiger charge is 2.26. The molecule has 1 aromatic heterocycles. The number of amides is 1. The Balaban J connectivity index is 1.60. The summed E-state index contributed by atoms with van der Waals surface area (Å²) in [6, 6.07) is 7.41. The maximum Gasteiger partial charge on any atom is 0.270 e. The van der Waals surface area contributed by atoms with E-state index in [-0.39, 0.29) is 30.6 Å². The summed E-state index contributed by atoms with van der Waals surface area (Å²) in [6.45, 7) is 0.314. The lowest BCUT2D eigenvalue weighted by atomic mass is 10.2. The molecule has 1 fully saturated rings. The van der Waals surface area contributed by atoms with E-state index in [1.165, 1.54) is 11.3 Å². The van der Waals surface area contributed by atoms with Gasteiger partial charge in [-0.15, -0.1) is 11.3 Å². The van der Waals surface area contributed by atoms with Crippen LogP contribution in [0.1, 0.15) is 10.5 Å². The molecule has 9 heteroatoms. The van der Waals surface area contributed by atoms with Crippen LogP contribution >= 0.6 is 11.3 Å². The Labute approximate surface area is 149 Å². The summed E-state index contributed by atoms with van der Waals surface area (Å²) in [5, 5.41) is 5.09. The third kappa shape index (κ3) is 4.56. The first-order valence-electron chi connectivity index (χ1n) is 7.67. The molecule has 0 radical (unpaired) electrons. The van der Waals surface area contributed by atoms with Crippen molar-refractivity contribution >= 4 is 27.1 Å². The molecule has 2 heterocycles. The van der Waals surface area contributed by atoms with E-state index in [9.17, 15) is 13.2 Å². The van der Waals surface area contributed by atoms with E-state index in [1.54, 1.807) is 12.5 Å². The highest BCUT2D eigenvalue weighted by atomic mass is 32.2. The molecule has 1 saturated heterocycles. The molecule has 3 rings (SSSR count). The zero-order chi connectivity index (χ0) is 17.9. The van der Waals surface area contributed by atoms with Crippen molar-refractivity contribution in [3.8, 4) is 16.3 Å². The molecule has 0 unspecified atom stereocenters. The zero-order valence-corrected chi connectivity index (χ0v) is 15.2. The Hall–Kier alpha value is -1.97. The number of methoxy groups -OCH3 is 1. The van der Waals surface area contributed by atoms with Crippen molar-refractivity contribution in [1.82, 2.24) is 10.3 Å². The highest BCUT2D eigenvalue weighted by Crippen LogP contribution is 2.25. The third-order valence-corrected chi connectivity index (χ3v) is 6.31. The average molecular weight is 382 g/mol. The van der Waals surface area contributed by atoms with Crippen LogP contribution in [-0.4, -0.2) is 57.2 Å². The molecule has 1 atom stereocenters. The molecule has 0 spiro atoms. The largest absolute Gasteiger partial charge is 0.497 e. The number of carbonyl (C=O) groups excluding carboxylic acids is 1. The predicted octanol–water partition coefficient (Wildman–Crippen LogP) is 1.36. The number of hydrogen-bond donors (Lipinski definition) is 1. The second-order valence-electron chi connectivity index (χ2n) is 5.58. The predicted molar refractivity (Wildman–Crippen MR) is 94.8 cm³/mol. The van der Waals surface area contributed by atoms with Crippen LogP contribution in [-0.2, 0) is 14.6 Å². The lowest BCUT2D eigenvalue weighted by Crippen LogP contribution is -2.42. The average Bonchev–Trinajstić information content (AvgIpc) is 3.09. The Bertz CT molecular complexity index is 846. The van der Waals surface area contributed by atoms with Gasteiger partial charge in [-0.25, -0.2) is 13.4 Å². The Morgan fingerprint density at radius 1 is 1.40 bits per heavy atom. The topological polar surface area (TPSA) is 94.6 Å². The molecule has 1 aliphatic rings. The molecule has 1 aromatic carbocycles. The molecule has 134 valence electrons. The molecule has 0 bridgehead atoms.